The van der Waals surface area contributed by atoms with E-state index in [0.717, 1.165) is 15.6 Å². The first-order valence-corrected chi connectivity index (χ1v) is 8.95. The van der Waals surface area contributed by atoms with E-state index in [1.54, 1.807) is 29.4 Å². The summed E-state index contributed by atoms with van der Waals surface area (Å²) < 4.78 is 9.94. The second-order valence-corrected chi connectivity index (χ2v) is 7.32. The third-order valence-electron chi connectivity index (χ3n) is 4.13. The highest BCUT2D eigenvalue weighted by atomic mass is 32.1. The van der Waals surface area contributed by atoms with Gasteiger partial charge in [0.15, 0.2) is 0 Å². The van der Waals surface area contributed by atoms with E-state index in [9.17, 15) is 9.59 Å². The first-order valence-electron chi connectivity index (χ1n) is 8.13. The molecule has 0 bridgehead atoms. The van der Waals surface area contributed by atoms with Gasteiger partial charge in [0.05, 0.1) is 35.7 Å². The maximum Gasteiger partial charge on any atom is 0.313 e. The number of esters is 1. The van der Waals surface area contributed by atoms with E-state index in [2.05, 4.69) is 23.6 Å². The van der Waals surface area contributed by atoms with Gasteiger partial charge in [0.2, 0.25) is 0 Å². The standard InChI is InChI=1S/C18H24N2O4S/c1-10(2)17-19-11(3)16(25-17)12(4)20(5)18(22)13-7-8-24-14(13)9-15(21)23-6/h7-8,10,12H,9H2,1-6H3/t12-/m1/s1. The molecular weight excluding hydrogens is 340 g/mol. The van der Waals surface area contributed by atoms with Gasteiger partial charge >= 0.3 is 5.97 Å². The minimum absolute atomic E-state index is 0.0656. The summed E-state index contributed by atoms with van der Waals surface area (Å²) in [5, 5.41) is 1.06. The number of aromatic nitrogens is 1. The quantitative estimate of drug-likeness (QED) is 0.731. The van der Waals surface area contributed by atoms with Crippen LogP contribution < -0.4 is 0 Å². The molecule has 1 atom stereocenters. The molecular formula is C18H24N2O4S. The highest BCUT2D eigenvalue weighted by Gasteiger charge is 2.26. The van der Waals surface area contributed by atoms with Crippen LogP contribution in [0.3, 0.4) is 0 Å². The second-order valence-electron chi connectivity index (χ2n) is 6.26. The normalized spacial score (nSPS) is 12.3. The van der Waals surface area contributed by atoms with E-state index in [4.69, 9.17) is 4.42 Å². The summed E-state index contributed by atoms with van der Waals surface area (Å²) in [5.74, 6) is 0.0321. The lowest BCUT2D eigenvalue weighted by Crippen LogP contribution is -2.30. The predicted octanol–water partition coefficient (Wildman–Crippen LogP) is 3.72. The maximum atomic E-state index is 12.9. The van der Waals surface area contributed by atoms with Crippen LogP contribution in [0, 0.1) is 6.92 Å². The van der Waals surface area contributed by atoms with E-state index in [1.165, 1.54) is 13.4 Å². The zero-order chi connectivity index (χ0) is 18.7. The summed E-state index contributed by atoms with van der Waals surface area (Å²) in [7, 11) is 3.05. The SMILES string of the molecule is COC(=O)Cc1occc1C(=O)N(C)[C@H](C)c1sc(C(C)C)nc1C. The van der Waals surface area contributed by atoms with Crippen LogP contribution in [-0.2, 0) is 16.0 Å². The number of hydrogen-bond donors (Lipinski definition) is 0. The first-order chi connectivity index (χ1) is 11.8. The summed E-state index contributed by atoms with van der Waals surface area (Å²) in [4.78, 5) is 31.7. The monoisotopic (exact) mass is 364 g/mol. The van der Waals surface area contributed by atoms with Crippen molar-refractivity contribution in [1.82, 2.24) is 9.88 Å². The fourth-order valence-electron chi connectivity index (χ4n) is 2.48. The lowest BCUT2D eigenvalue weighted by atomic mass is 10.1. The number of furan rings is 1. The van der Waals surface area contributed by atoms with Gasteiger partial charge in [0.25, 0.3) is 5.91 Å². The van der Waals surface area contributed by atoms with E-state index in [1.807, 2.05) is 13.8 Å². The van der Waals surface area contributed by atoms with Crippen LogP contribution in [0.5, 0.6) is 0 Å². The average molecular weight is 364 g/mol. The smallest absolute Gasteiger partial charge is 0.313 e. The van der Waals surface area contributed by atoms with Gasteiger partial charge in [-0.05, 0) is 19.9 Å². The van der Waals surface area contributed by atoms with E-state index in [0.29, 0.717) is 17.2 Å². The number of hydrogen-bond acceptors (Lipinski definition) is 6. The molecule has 2 aromatic heterocycles. The van der Waals surface area contributed by atoms with Crippen molar-refractivity contribution < 1.29 is 18.7 Å². The second kappa shape index (κ2) is 7.82. The molecule has 7 heteroatoms. The van der Waals surface area contributed by atoms with Crippen LogP contribution in [0.4, 0.5) is 0 Å². The summed E-state index contributed by atoms with van der Waals surface area (Å²) in [6.07, 6.45) is 1.35. The van der Waals surface area contributed by atoms with Crippen molar-refractivity contribution in [2.45, 2.75) is 46.1 Å². The van der Waals surface area contributed by atoms with Crippen molar-refractivity contribution in [3.8, 4) is 0 Å². The molecule has 2 heterocycles. The van der Waals surface area contributed by atoms with Crippen molar-refractivity contribution in [3.05, 3.63) is 39.2 Å². The largest absolute Gasteiger partial charge is 0.469 e. The molecule has 2 rings (SSSR count). The predicted molar refractivity (Wildman–Crippen MR) is 95.9 cm³/mol. The molecule has 2 aromatic rings. The van der Waals surface area contributed by atoms with Crippen LogP contribution in [0.25, 0.3) is 0 Å². The number of nitrogens with zero attached hydrogens (tertiary/aromatic N) is 2. The molecule has 0 spiro atoms. The van der Waals surface area contributed by atoms with Crippen molar-refractivity contribution in [3.63, 3.8) is 0 Å². The Kier molecular flexibility index (Phi) is 6.00. The highest BCUT2D eigenvalue weighted by Crippen LogP contribution is 2.32. The first kappa shape index (κ1) is 19.2. The molecule has 0 unspecified atom stereocenters. The van der Waals surface area contributed by atoms with Gasteiger partial charge in [0, 0.05) is 17.8 Å². The van der Waals surface area contributed by atoms with Gasteiger partial charge < -0.3 is 14.1 Å². The number of aryl methyl sites for hydroxylation is 1. The number of ether oxygens (including phenoxy) is 1. The van der Waals surface area contributed by atoms with Crippen LogP contribution in [0.15, 0.2) is 16.7 Å². The Morgan fingerprint density at radius 1 is 1.36 bits per heavy atom. The van der Waals surface area contributed by atoms with E-state index >= 15 is 0 Å². The van der Waals surface area contributed by atoms with Crippen LogP contribution >= 0.6 is 11.3 Å². The van der Waals surface area contributed by atoms with Crippen LogP contribution in [0.1, 0.15) is 64.4 Å². The Bertz CT molecular complexity index is 763. The molecule has 0 saturated carbocycles. The molecule has 0 aromatic carbocycles. The van der Waals surface area contributed by atoms with E-state index in [-0.39, 0.29) is 18.4 Å². The third kappa shape index (κ3) is 4.10. The Hall–Kier alpha value is -2.15. The van der Waals surface area contributed by atoms with Crippen LogP contribution in [0.2, 0.25) is 0 Å². The van der Waals surface area contributed by atoms with Gasteiger partial charge in [-0.15, -0.1) is 11.3 Å². The zero-order valence-corrected chi connectivity index (χ0v) is 16.3. The molecule has 0 N–H and O–H groups in total. The lowest BCUT2D eigenvalue weighted by molar-refractivity contribution is -0.140. The fraction of sp³-hybridized carbons (Fsp3) is 0.500. The molecule has 0 saturated heterocycles. The molecule has 0 aliphatic heterocycles. The molecule has 0 aliphatic carbocycles. The lowest BCUT2D eigenvalue weighted by Gasteiger charge is -2.24. The third-order valence-corrected chi connectivity index (χ3v) is 5.76. The molecule has 1 amide bonds. The summed E-state index contributed by atoms with van der Waals surface area (Å²) in [6, 6.07) is 1.46. The number of thiazole rings is 1. The molecule has 0 aliphatic rings. The number of amides is 1. The zero-order valence-electron chi connectivity index (χ0n) is 15.5. The Labute approximate surface area is 151 Å². The Morgan fingerprint density at radius 3 is 2.60 bits per heavy atom. The number of carbonyl (C=O) groups excluding carboxylic acids is 2. The molecule has 6 nitrogen and oxygen atoms in total. The van der Waals surface area contributed by atoms with Crippen molar-refractivity contribution >= 4 is 23.2 Å². The van der Waals surface area contributed by atoms with Gasteiger partial charge in [-0.2, -0.15) is 0 Å². The Balaban J connectivity index is 2.23. The summed E-state index contributed by atoms with van der Waals surface area (Å²) in [6.45, 7) is 8.15. The molecule has 0 fully saturated rings. The molecule has 0 radical (unpaired) electrons. The highest BCUT2D eigenvalue weighted by molar-refractivity contribution is 7.11. The minimum atomic E-state index is -0.445. The van der Waals surface area contributed by atoms with Crippen molar-refractivity contribution in [1.29, 1.82) is 0 Å². The number of carbonyl (C=O) groups is 2. The number of methoxy groups -OCH3 is 1. The van der Waals surface area contributed by atoms with Crippen molar-refractivity contribution in [2.24, 2.45) is 0 Å². The Morgan fingerprint density at radius 2 is 2.04 bits per heavy atom. The van der Waals surface area contributed by atoms with Gasteiger partial charge in [-0.1, -0.05) is 13.8 Å². The maximum absolute atomic E-state index is 12.9. The molecule has 136 valence electrons. The number of rotatable bonds is 6. The topological polar surface area (TPSA) is 72.6 Å². The van der Waals surface area contributed by atoms with Crippen molar-refractivity contribution in [2.75, 3.05) is 14.2 Å². The van der Waals surface area contributed by atoms with Crippen LogP contribution in [-0.4, -0.2) is 35.9 Å². The molecule has 25 heavy (non-hydrogen) atoms. The summed E-state index contributed by atoms with van der Waals surface area (Å²) >= 11 is 1.63. The van der Waals surface area contributed by atoms with Gasteiger partial charge in [0.1, 0.15) is 12.2 Å². The van der Waals surface area contributed by atoms with Gasteiger partial charge in [-0.3, -0.25) is 9.59 Å². The average Bonchev–Trinajstić information content (AvgIpc) is 3.19. The minimum Gasteiger partial charge on any atom is -0.469 e. The van der Waals surface area contributed by atoms with Gasteiger partial charge in [-0.25, -0.2) is 4.98 Å². The fourth-order valence-corrected chi connectivity index (χ4v) is 3.64. The van der Waals surface area contributed by atoms with E-state index < -0.39 is 5.97 Å². The summed E-state index contributed by atoms with van der Waals surface area (Å²) in [5.41, 5.74) is 1.33.